The van der Waals surface area contributed by atoms with Gasteiger partial charge in [-0.15, -0.1) is 8.64 Å². The lowest BCUT2D eigenvalue weighted by Gasteiger charge is -2.01. The topological polar surface area (TPSA) is 130 Å². The highest BCUT2D eigenvalue weighted by Crippen LogP contribution is 2.43. The third-order valence-corrected chi connectivity index (χ3v) is 2.00. The molecule has 8 nitrogen and oxygen atoms in total. The molecule has 0 aliphatic rings. The molecule has 62 valence electrons. The molecule has 0 saturated heterocycles. The summed E-state index contributed by atoms with van der Waals surface area (Å²) in [5.41, 5.74) is 0. The summed E-state index contributed by atoms with van der Waals surface area (Å²) >= 11 is 0. The molecule has 0 aliphatic carbocycles. The van der Waals surface area contributed by atoms with E-state index in [4.69, 9.17) is 14.7 Å². The quantitative estimate of drug-likeness (QED) is 0.235. The van der Waals surface area contributed by atoms with Crippen LogP contribution in [0.15, 0.2) is 0 Å². The first-order valence-corrected chi connectivity index (χ1v) is 4.47. The third-order valence-electron chi connectivity index (χ3n) is 0.292. The Hall–Kier alpha value is -0.0200. The lowest BCUT2D eigenvalue weighted by atomic mass is 15.0. The van der Waals surface area contributed by atoms with Crippen LogP contribution in [-0.2, 0) is 23.6 Å². The summed E-state index contributed by atoms with van der Waals surface area (Å²) in [7, 11) is -10.2. The molecule has 0 aromatic carbocycles. The number of hydrogen-bond donors (Lipinski definition) is 3. The molecule has 0 heterocycles. The normalized spacial score (nSPS) is 18.3. The first kappa shape index (κ1) is 9.98. The molecule has 10 heavy (non-hydrogen) atoms. The van der Waals surface area contributed by atoms with Gasteiger partial charge in [-0.25, -0.2) is 9.82 Å². The van der Waals surface area contributed by atoms with E-state index in [1.165, 1.54) is 0 Å². The Balaban J connectivity index is 4.32. The van der Waals surface area contributed by atoms with Crippen LogP contribution in [-0.4, -0.2) is 23.1 Å². The Bertz CT molecular complexity index is 234. The highest BCUT2D eigenvalue weighted by Gasteiger charge is 2.28. The Morgan fingerprint density at radius 2 is 1.80 bits per heavy atom. The highest BCUT2D eigenvalue weighted by molar-refractivity contribution is 7.85. The van der Waals surface area contributed by atoms with E-state index in [1.807, 2.05) is 0 Å². The van der Waals surface area contributed by atoms with Crippen LogP contribution in [0, 0.1) is 0 Å². The van der Waals surface area contributed by atoms with Gasteiger partial charge in [0.25, 0.3) is 0 Å². The standard InChI is InChI=1S/H3O8PS/c1-7-9(2,3)8-10(4,5)6/h1H,(H,2,3)(H,4,5,6). The lowest BCUT2D eigenvalue weighted by Crippen LogP contribution is -2.02. The fourth-order valence-corrected chi connectivity index (χ4v) is 1.19. The van der Waals surface area contributed by atoms with E-state index in [0.29, 0.717) is 0 Å². The molecular weight excluding hydrogens is 191 g/mol. The van der Waals surface area contributed by atoms with Gasteiger partial charge in [-0.1, -0.05) is 0 Å². The Kier molecular flexibility index (Phi) is 2.92. The second-order valence-corrected chi connectivity index (χ2v) is 3.60. The highest BCUT2D eigenvalue weighted by atomic mass is 32.3. The molecule has 0 aromatic heterocycles. The average Bonchev–Trinajstić information content (AvgIpc) is 1.60. The molecule has 0 radical (unpaired) electrons. The zero-order chi connectivity index (χ0) is 8.41. The van der Waals surface area contributed by atoms with Crippen LogP contribution in [0.4, 0.5) is 0 Å². The zero-order valence-electron chi connectivity index (χ0n) is 4.24. The number of rotatable bonds is 3. The molecule has 1 unspecified atom stereocenters. The van der Waals surface area contributed by atoms with Gasteiger partial charge in [0.15, 0.2) is 0 Å². The Labute approximate surface area is 55.5 Å². The van der Waals surface area contributed by atoms with Gasteiger partial charge in [0, 0.05) is 0 Å². The van der Waals surface area contributed by atoms with Crippen molar-refractivity contribution in [3.8, 4) is 0 Å². The van der Waals surface area contributed by atoms with Crippen molar-refractivity contribution in [2.24, 2.45) is 0 Å². The van der Waals surface area contributed by atoms with Gasteiger partial charge >= 0.3 is 18.2 Å². The van der Waals surface area contributed by atoms with Crippen molar-refractivity contribution < 1.29 is 36.3 Å². The minimum Gasteiger partial charge on any atom is -0.300 e. The summed E-state index contributed by atoms with van der Waals surface area (Å²) in [6.07, 6.45) is 0. The van der Waals surface area contributed by atoms with Crippen molar-refractivity contribution in [2.75, 3.05) is 0 Å². The van der Waals surface area contributed by atoms with Gasteiger partial charge in [-0.05, 0) is 0 Å². The first-order chi connectivity index (χ1) is 4.27. The average molecular weight is 194 g/mol. The fourth-order valence-electron chi connectivity index (χ4n) is 0.133. The van der Waals surface area contributed by atoms with Gasteiger partial charge in [0.1, 0.15) is 0 Å². The maximum absolute atomic E-state index is 9.92. The van der Waals surface area contributed by atoms with E-state index in [1.54, 1.807) is 0 Å². The predicted octanol–water partition coefficient (Wildman–Crippen LogP) is -0.604. The van der Waals surface area contributed by atoms with Crippen molar-refractivity contribution in [3.05, 3.63) is 0 Å². The lowest BCUT2D eigenvalue weighted by molar-refractivity contribution is -0.156. The van der Waals surface area contributed by atoms with Crippen molar-refractivity contribution in [1.82, 2.24) is 0 Å². The minimum absolute atomic E-state index is 2.66. The third kappa shape index (κ3) is 4.82. The smallest absolute Gasteiger partial charge is 0.300 e. The molecule has 1 atom stereocenters. The van der Waals surface area contributed by atoms with Gasteiger partial charge < -0.3 is 4.89 Å². The molecule has 0 bridgehead atoms. The van der Waals surface area contributed by atoms with Gasteiger partial charge in [0.2, 0.25) is 0 Å². The second kappa shape index (κ2) is 2.93. The zero-order valence-corrected chi connectivity index (χ0v) is 5.95. The Morgan fingerprint density at radius 3 is 1.90 bits per heavy atom. The van der Waals surface area contributed by atoms with Crippen LogP contribution in [0.3, 0.4) is 0 Å². The fraction of sp³-hybridized carbons (Fsp3) is 0. The van der Waals surface area contributed by atoms with E-state index < -0.39 is 18.2 Å². The summed E-state index contributed by atoms with van der Waals surface area (Å²) < 4.78 is 42.5. The van der Waals surface area contributed by atoms with Crippen LogP contribution in [0.5, 0.6) is 0 Å². The molecular formula is H3O8PS. The summed E-state index contributed by atoms with van der Waals surface area (Å²) in [5.74, 6) is 0. The minimum atomic E-state index is -5.09. The number of hydrogen-bond acceptors (Lipinski definition) is 6. The van der Waals surface area contributed by atoms with E-state index >= 15 is 0 Å². The molecule has 0 aliphatic heterocycles. The Morgan fingerprint density at radius 1 is 1.40 bits per heavy atom. The van der Waals surface area contributed by atoms with Gasteiger partial charge in [-0.3, -0.25) is 4.55 Å². The monoisotopic (exact) mass is 194 g/mol. The van der Waals surface area contributed by atoms with Crippen molar-refractivity contribution >= 4 is 18.2 Å². The molecule has 0 aromatic rings. The van der Waals surface area contributed by atoms with E-state index in [-0.39, 0.29) is 0 Å². The maximum Gasteiger partial charge on any atom is 0.515 e. The summed E-state index contributed by atoms with van der Waals surface area (Å²) in [5, 5.41) is 7.44. The van der Waals surface area contributed by atoms with Crippen molar-refractivity contribution in [3.63, 3.8) is 0 Å². The van der Waals surface area contributed by atoms with Crippen molar-refractivity contribution in [2.45, 2.75) is 0 Å². The van der Waals surface area contributed by atoms with Crippen LogP contribution >= 0.6 is 7.82 Å². The van der Waals surface area contributed by atoms with E-state index in [9.17, 15) is 13.0 Å². The SMILES string of the molecule is O=P(O)(OO)OS(=O)(=O)O. The largest absolute Gasteiger partial charge is 0.515 e. The molecule has 0 amide bonds. The van der Waals surface area contributed by atoms with Gasteiger partial charge in [-0.2, -0.15) is 8.42 Å². The molecule has 0 rings (SSSR count). The maximum atomic E-state index is 9.92. The molecule has 3 N–H and O–H groups in total. The van der Waals surface area contributed by atoms with Gasteiger partial charge in [0.05, 0.1) is 0 Å². The molecule has 0 fully saturated rings. The van der Waals surface area contributed by atoms with Crippen LogP contribution in [0.2, 0.25) is 0 Å². The second-order valence-electron chi connectivity index (χ2n) is 1.05. The molecule has 10 heteroatoms. The van der Waals surface area contributed by atoms with E-state index in [0.717, 1.165) is 0 Å². The predicted molar refractivity (Wildman–Crippen MR) is 26.2 cm³/mol. The van der Waals surface area contributed by atoms with Crippen LogP contribution in [0.1, 0.15) is 0 Å². The summed E-state index contributed by atoms with van der Waals surface area (Å²) in [6.45, 7) is 0. The molecule has 0 saturated carbocycles. The van der Waals surface area contributed by atoms with Crippen molar-refractivity contribution in [1.29, 1.82) is 0 Å². The van der Waals surface area contributed by atoms with Crippen LogP contribution < -0.4 is 0 Å². The summed E-state index contributed by atoms with van der Waals surface area (Å²) in [6, 6.07) is 0. The summed E-state index contributed by atoms with van der Waals surface area (Å²) in [4.78, 5) is 7.98. The van der Waals surface area contributed by atoms with E-state index in [2.05, 4.69) is 8.64 Å². The van der Waals surface area contributed by atoms with Crippen LogP contribution in [0.25, 0.3) is 0 Å². The molecule has 0 spiro atoms. The first-order valence-electron chi connectivity index (χ1n) is 1.61. The number of phosphoric acid groups is 1.